The van der Waals surface area contributed by atoms with E-state index >= 15 is 0 Å². The Morgan fingerprint density at radius 2 is 1.76 bits per heavy atom. The molecule has 2 aliphatic carbocycles. The van der Waals surface area contributed by atoms with Crippen molar-refractivity contribution in [2.75, 3.05) is 13.7 Å². The maximum Gasteiger partial charge on any atom is 0.240 e. The topological polar surface area (TPSA) is 80.3 Å². The first kappa shape index (κ1) is 28.8. The maximum absolute atomic E-state index is 13.8. The fourth-order valence-electron chi connectivity index (χ4n) is 7.01. The van der Waals surface area contributed by atoms with Crippen molar-refractivity contribution in [3.05, 3.63) is 102 Å². The van der Waals surface area contributed by atoms with Crippen LogP contribution >= 0.6 is 0 Å². The molecule has 0 radical (unpaired) electrons. The van der Waals surface area contributed by atoms with Crippen molar-refractivity contribution >= 4 is 20.8 Å². The van der Waals surface area contributed by atoms with E-state index < -0.39 is 10.0 Å². The van der Waals surface area contributed by atoms with Crippen molar-refractivity contribution in [1.82, 2.24) is 15.0 Å². The molecule has 7 heteroatoms. The van der Waals surface area contributed by atoms with Gasteiger partial charge in [0.15, 0.2) is 0 Å². The number of hydrogen-bond donors (Lipinski definition) is 2. The summed E-state index contributed by atoms with van der Waals surface area (Å²) in [7, 11) is -1.97. The third-order valence-electron chi connectivity index (χ3n) is 9.29. The number of ether oxygens (including phenoxy) is 1. The first-order valence-corrected chi connectivity index (χ1v) is 16.8. The number of benzene rings is 3. The Morgan fingerprint density at radius 3 is 2.55 bits per heavy atom. The molecule has 3 atom stereocenters. The molecule has 0 saturated heterocycles. The summed E-state index contributed by atoms with van der Waals surface area (Å²) < 4.78 is 36.2. The van der Waals surface area contributed by atoms with Gasteiger partial charge in [0.1, 0.15) is 5.75 Å². The van der Waals surface area contributed by atoms with Crippen LogP contribution in [0.25, 0.3) is 10.8 Å². The summed E-state index contributed by atoms with van der Waals surface area (Å²) in [4.78, 5) is 4.70. The smallest absolute Gasteiger partial charge is 0.240 e. The first-order valence-electron chi connectivity index (χ1n) is 15.3. The summed E-state index contributed by atoms with van der Waals surface area (Å²) in [5, 5.41) is 5.86. The van der Waals surface area contributed by atoms with Gasteiger partial charge in [-0.2, -0.15) is 0 Å². The van der Waals surface area contributed by atoms with E-state index in [9.17, 15) is 8.42 Å². The van der Waals surface area contributed by atoms with Crippen molar-refractivity contribution in [3.63, 3.8) is 0 Å². The number of hydrogen-bond acceptors (Lipinski definition) is 5. The minimum Gasteiger partial charge on any atom is -0.497 e. The summed E-state index contributed by atoms with van der Waals surface area (Å²) in [6, 6.07) is 23.9. The highest BCUT2D eigenvalue weighted by Crippen LogP contribution is 2.37. The van der Waals surface area contributed by atoms with E-state index in [2.05, 4.69) is 39.3 Å². The Hall–Kier alpha value is -3.26. The van der Waals surface area contributed by atoms with Crippen molar-refractivity contribution in [2.45, 2.75) is 74.3 Å². The average molecular weight is 584 g/mol. The van der Waals surface area contributed by atoms with E-state index in [0.29, 0.717) is 17.4 Å². The maximum atomic E-state index is 13.8. The molecule has 1 fully saturated rings. The lowest BCUT2D eigenvalue weighted by molar-refractivity contribution is 0.267. The lowest BCUT2D eigenvalue weighted by atomic mass is 9.76. The molecule has 6 nitrogen and oxygen atoms in total. The fraction of sp³-hybridized carbons (Fsp3) is 0.400. The molecule has 0 spiro atoms. The van der Waals surface area contributed by atoms with E-state index in [1.165, 1.54) is 23.1 Å². The third kappa shape index (κ3) is 6.54. The SMILES string of the molecule is COc1ccc2c(c1)CC[C@@H](NC[C@@H](NS(=O)(=O)c1ccc3ccccc3c1)C1CCCCC1)[C@@H]2Cc1cccnc1. The molecule has 6 rings (SSSR count). The molecule has 3 aromatic carbocycles. The molecule has 0 unspecified atom stereocenters. The first-order chi connectivity index (χ1) is 20.5. The Balaban J connectivity index is 1.24. The second-order valence-electron chi connectivity index (χ2n) is 11.9. The second-order valence-corrected chi connectivity index (χ2v) is 13.6. The van der Waals surface area contributed by atoms with Crippen LogP contribution in [-0.2, 0) is 22.9 Å². The van der Waals surface area contributed by atoms with Crippen LogP contribution in [0, 0.1) is 5.92 Å². The summed E-state index contributed by atoms with van der Waals surface area (Å²) >= 11 is 0. The van der Waals surface area contributed by atoms with Crippen LogP contribution in [0.2, 0.25) is 0 Å². The number of pyridine rings is 1. The predicted octanol–water partition coefficient (Wildman–Crippen LogP) is 6.40. The van der Waals surface area contributed by atoms with E-state index in [1.807, 2.05) is 48.8 Å². The number of nitrogens with one attached hydrogen (secondary N) is 2. The normalized spacial score (nSPS) is 20.2. The number of aryl methyl sites for hydroxylation is 1. The van der Waals surface area contributed by atoms with Gasteiger partial charge in [-0.3, -0.25) is 4.98 Å². The number of rotatable bonds is 10. The van der Waals surface area contributed by atoms with E-state index in [0.717, 1.165) is 61.5 Å². The molecular weight excluding hydrogens is 542 g/mol. The third-order valence-corrected chi connectivity index (χ3v) is 10.8. The highest BCUT2D eigenvalue weighted by atomic mass is 32.2. The van der Waals surface area contributed by atoms with E-state index in [4.69, 9.17) is 4.74 Å². The lowest BCUT2D eigenvalue weighted by Crippen LogP contribution is -2.51. The van der Waals surface area contributed by atoms with Gasteiger partial charge < -0.3 is 10.1 Å². The zero-order chi connectivity index (χ0) is 28.9. The molecule has 42 heavy (non-hydrogen) atoms. The molecule has 2 aliphatic rings. The van der Waals surface area contributed by atoms with Gasteiger partial charge in [-0.1, -0.05) is 61.7 Å². The summed E-state index contributed by atoms with van der Waals surface area (Å²) in [6.45, 7) is 0.608. The zero-order valence-corrected chi connectivity index (χ0v) is 25.2. The van der Waals surface area contributed by atoms with Crippen molar-refractivity contribution < 1.29 is 13.2 Å². The van der Waals surface area contributed by atoms with Crippen LogP contribution in [-0.4, -0.2) is 39.1 Å². The minimum atomic E-state index is -3.68. The molecule has 4 aromatic rings. The summed E-state index contributed by atoms with van der Waals surface area (Å²) in [5.74, 6) is 1.46. The number of nitrogens with zero attached hydrogens (tertiary/aromatic N) is 1. The Labute approximate surface area is 250 Å². The van der Waals surface area contributed by atoms with Gasteiger partial charge in [-0.15, -0.1) is 0 Å². The number of methoxy groups -OCH3 is 1. The molecule has 1 saturated carbocycles. The van der Waals surface area contributed by atoms with Crippen LogP contribution in [0.5, 0.6) is 5.75 Å². The Bertz CT molecular complexity index is 1600. The Morgan fingerprint density at radius 1 is 0.929 bits per heavy atom. The molecule has 0 bridgehead atoms. The van der Waals surface area contributed by atoms with Crippen molar-refractivity contribution in [2.24, 2.45) is 5.92 Å². The van der Waals surface area contributed by atoms with Gasteiger partial charge in [-0.05, 0) is 95.8 Å². The average Bonchev–Trinajstić information content (AvgIpc) is 3.04. The van der Waals surface area contributed by atoms with Gasteiger partial charge in [0.2, 0.25) is 10.0 Å². The number of sulfonamides is 1. The zero-order valence-electron chi connectivity index (χ0n) is 24.3. The monoisotopic (exact) mass is 583 g/mol. The molecule has 0 aliphatic heterocycles. The van der Waals surface area contributed by atoms with E-state index in [1.54, 1.807) is 19.2 Å². The molecule has 1 heterocycles. The van der Waals surface area contributed by atoms with Crippen LogP contribution in [0.15, 0.2) is 90.1 Å². The minimum absolute atomic E-state index is 0.168. The standard InChI is InChI=1S/C35H41N3O3S/c1-41-30-15-17-32-29(21-30)14-18-34(33(32)20-25-8-7-19-36-23-25)37-24-35(27-10-3-2-4-11-27)38-42(39,40)31-16-13-26-9-5-6-12-28(26)22-31/h5-9,12-13,15-17,19,21-23,27,33-35,37-38H,2-4,10-11,14,18,20,24H2,1H3/t33-,34-,35-/m1/s1. The van der Waals surface area contributed by atoms with E-state index in [-0.39, 0.29) is 18.0 Å². The number of fused-ring (bicyclic) bond motifs is 2. The van der Waals surface area contributed by atoms with Crippen LogP contribution in [0.1, 0.15) is 61.1 Å². The molecule has 2 N–H and O–H groups in total. The van der Waals surface area contributed by atoms with Gasteiger partial charge in [0.05, 0.1) is 12.0 Å². The molecule has 220 valence electrons. The summed E-state index contributed by atoms with van der Waals surface area (Å²) in [6.07, 6.45) is 12.2. The second kappa shape index (κ2) is 12.9. The van der Waals surface area contributed by atoms with Gasteiger partial charge >= 0.3 is 0 Å². The number of aromatic nitrogens is 1. The van der Waals surface area contributed by atoms with Crippen molar-refractivity contribution in [1.29, 1.82) is 0 Å². The molecule has 1 aromatic heterocycles. The molecule has 0 amide bonds. The van der Waals surface area contributed by atoms with Gasteiger partial charge in [-0.25, -0.2) is 13.1 Å². The Kier molecular flexibility index (Phi) is 8.89. The lowest BCUT2D eigenvalue weighted by Gasteiger charge is -2.37. The van der Waals surface area contributed by atoms with Crippen molar-refractivity contribution in [3.8, 4) is 5.75 Å². The predicted molar refractivity (Wildman–Crippen MR) is 168 cm³/mol. The van der Waals surface area contributed by atoms with Crippen LogP contribution < -0.4 is 14.8 Å². The highest BCUT2D eigenvalue weighted by molar-refractivity contribution is 7.89. The largest absolute Gasteiger partial charge is 0.497 e. The molecular formula is C35H41N3O3S. The van der Waals surface area contributed by atoms with Gasteiger partial charge in [0, 0.05) is 36.9 Å². The fourth-order valence-corrected chi connectivity index (χ4v) is 8.35. The van der Waals surface area contributed by atoms with Crippen LogP contribution in [0.4, 0.5) is 0 Å². The highest BCUT2D eigenvalue weighted by Gasteiger charge is 2.33. The summed E-state index contributed by atoms with van der Waals surface area (Å²) in [5.41, 5.74) is 3.88. The quantitative estimate of drug-likeness (QED) is 0.226. The van der Waals surface area contributed by atoms with Crippen LogP contribution in [0.3, 0.4) is 0 Å². The van der Waals surface area contributed by atoms with Gasteiger partial charge in [0.25, 0.3) is 0 Å².